The fourth-order valence-electron chi connectivity index (χ4n) is 4.47. The number of ether oxygens (including phenoxy) is 1. The molecule has 31 heavy (non-hydrogen) atoms. The van der Waals surface area contributed by atoms with Crippen molar-refractivity contribution in [1.29, 1.82) is 0 Å². The molecule has 5 nitrogen and oxygen atoms in total. The number of hydrogen-bond acceptors (Lipinski definition) is 5. The van der Waals surface area contributed by atoms with Gasteiger partial charge in [-0.05, 0) is 56.3 Å². The van der Waals surface area contributed by atoms with E-state index in [4.69, 9.17) is 4.74 Å². The Balaban J connectivity index is 1.32. The van der Waals surface area contributed by atoms with Crippen LogP contribution in [-0.2, 0) is 6.42 Å². The van der Waals surface area contributed by atoms with Gasteiger partial charge in [0.2, 0.25) is 5.88 Å². The van der Waals surface area contributed by atoms with Gasteiger partial charge in [-0.15, -0.1) is 0 Å². The number of piperidine rings is 1. The van der Waals surface area contributed by atoms with Gasteiger partial charge in [0.1, 0.15) is 5.82 Å². The lowest BCUT2D eigenvalue weighted by atomic mass is 10.0. The Morgan fingerprint density at radius 3 is 2.68 bits per heavy atom. The third-order valence-electron chi connectivity index (χ3n) is 6.04. The second-order valence-electron chi connectivity index (χ2n) is 8.37. The molecule has 1 unspecified atom stereocenters. The molecule has 0 bridgehead atoms. The van der Waals surface area contributed by atoms with Crippen LogP contribution < -0.4 is 9.64 Å². The van der Waals surface area contributed by atoms with Crippen molar-refractivity contribution >= 4 is 5.82 Å². The smallest absolute Gasteiger partial charge is 0.422 e. The van der Waals surface area contributed by atoms with Crippen molar-refractivity contribution < 1.29 is 17.9 Å². The molecule has 0 N–H and O–H groups in total. The lowest BCUT2D eigenvalue weighted by molar-refractivity contribution is -0.154. The summed E-state index contributed by atoms with van der Waals surface area (Å²) in [6.45, 7) is 3.59. The molecule has 4 rings (SSSR count). The summed E-state index contributed by atoms with van der Waals surface area (Å²) < 4.78 is 42.0. The Hall–Kier alpha value is -2.35. The van der Waals surface area contributed by atoms with Gasteiger partial charge >= 0.3 is 6.18 Å². The average molecular weight is 435 g/mol. The Morgan fingerprint density at radius 2 is 1.87 bits per heavy atom. The van der Waals surface area contributed by atoms with Crippen molar-refractivity contribution in [1.82, 2.24) is 14.9 Å². The summed E-state index contributed by atoms with van der Waals surface area (Å²) in [4.78, 5) is 13.8. The minimum absolute atomic E-state index is 0.0369. The Kier molecular flexibility index (Phi) is 6.95. The monoisotopic (exact) mass is 434 g/mol. The van der Waals surface area contributed by atoms with Crippen molar-refractivity contribution in [2.24, 2.45) is 0 Å². The fourth-order valence-corrected chi connectivity index (χ4v) is 4.47. The van der Waals surface area contributed by atoms with E-state index in [1.165, 1.54) is 30.9 Å². The number of alkyl halides is 3. The van der Waals surface area contributed by atoms with Crippen LogP contribution in [0.25, 0.3) is 0 Å². The molecule has 0 amide bonds. The SMILES string of the molecule is FC(F)(F)COc1cccc(C2CCN(CCc3cccnc3N3CCCCC3)C2)n1. The number of rotatable bonds is 7. The van der Waals surface area contributed by atoms with Crippen LogP contribution >= 0.6 is 0 Å². The zero-order chi connectivity index (χ0) is 21.7. The van der Waals surface area contributed by atoms with Crippen molar-refractivity contribution in [3.8, 4) is 5.88 Å². The van der Waals surface area contributed by atoms with Crippen molar-refractivity contribution in [3.63, 3.8) is 0 Å². The van der Waals surface area contributed by atoms with E-state index in [0.29, 0.717) is 0 Å². The van der Waals surface area contributed by atoms with E-state index in [2.05, 4.69) is 25.8 Å². The molecule has 0 spiro atoms. The van der Waals surface area contributed by atoms with Gasteiger partial charge in [0.05, 0.1) is 0 Å². The number of likely N-dealkylation sites (tertiary alicyclic amines) is 1. The van der Waals surface area contributed by atoms with Crippen LogP contribution in [0.2, 0.25) is 0 Å². The molecule has 2 aromatic heterocycles. The number of halogens is 3. The summed E-state index contributed by atoms with van der Waals surface area (Å²) in [5.41, 5.74) is 2.09. The molecule has 8 heteroatoms. The summed E-state index contributed by atoms with van der Waals surface area (Å²) in [5, 5.41) is 0. The number of aromatic nitrogens is 2. The number of hydrogen-bond donors (Lipinski definition) is 0. The van der Waals surface area contributed by atoms with E-state index in [1.54, 1.807) is 6.07 Å². The van der Waals surface area contributed by atoms with E-state index in [0.717, 1.165) is 57.1 Å². The molecule has 0 aliphatic carbocycles. The van der Waals surface area contributed by atoms with Crippen LogP contribution in [0.15, 0.2) is 36.5 Å². The third-order valence-corrected chi connectivity index (χ3v) is 6.04. The van der Waals surface area contributed by atoms with Crippen LogP contribution in [0.4, 0.5) is 19.0 Å². The Labute approximate surface area is 181 Å². The third kappa shape index (κ3) is 6.09. The average Bonchev–Trinajstić information content (AvgIpc) is 3.26. The van der Waals surface area contributed by atoms with Gasteiger partial charge < -0.3 is 14.5 Å². The summed E-state index contributed by atoms with van der Waals surface area (Å²) in [7, 11) is 0. The Morgan fingerprint density at radius 1 is 1.03 bits per heavy atom. The van der Waals surface area contributed by atoms with Crippen molar-refractivity contribution in [2.75, 3.05) is 44.2 Å². The first kappa shape index (κ1) is 21.9. The van der Waals surface area contributed by atoms with Gasteiger partial charge in [-0.1, -0.05) is 12.1 Å². The maximum absolute atomic E-state index is 12.4. The quantitative estimate of drug-likeness (QED) is 0.645. The topological polar surface area (TPSA) is 41.5 Å². The predicted octanol–water partition coefficient (Wildman–Crippen LogP) is 4.44. The van der Waals surface area contributed by atoms with E-state index in [1.807, 2.05) is 18.3 Å². The molecule has 168 valence electrons. The highest BCUT2D eigenvalue weighted by Crippen LogP contribution is 2.28. The molecule has 2 aliphatic heterocycles. The Bertz CT molecular complexity index is 855. The first-order valence-corrected chi connectivity index (χ1v) is 11.1. The summed E-state index contributed by atoms with van der Waals surface area (Å²) in [6, 6.07) is 9.26. The maximum atomic E-state index is 12.4. The number of anilines is 1. The molecule has 1 atom stereocenters. The van der Waals surface area contributed by atoms with Gasteiger partial charge in [0.25, 0.3) is 0 Å². The fraction of sp³-hybridized carbons (Fsp3) is 0.565. The zero-order valence-electron chi connectivity index (χ0n) is 17.7. The standard InChI is InChI=1S/C23H29F3N4O/c24-23(25,26)17-31-21-8-4-7-20(28-21)19-10-15-29(16-19)14-9-18-6-5-11-27-22(18)30-12-2-1-3-13-30/h4-8,11,19H,1-3,9-10,12-17H2. The summed E-state index contributed by atoms with van der Waals surface area (Å²) in [6.07, 6.45) is 3.14. The molecular weight excluding hydrogens is 405 g/mol. The highest BCUT2D eigenvalue weighted by atomic mass is 19.4. The van der Waals surface area contributed by atoms with Crippen LogP contribution in [0.5, 0.6) is 5.88 Å². The molecule has 0 radical (unpaired) electrons. The molecule has 4 heterocycles. The van der Waals surface area contributed by atoms with Gasteiger partial charge in [-0.3, -0.25) is 0 Å². The minimum Gasteiger partial charge on any atom is -0.468 e. The number of pyridine rings is 2. The van der Waals surface area contributed by atoms with Crippen LogP contribution in [0.3, 0.4) is 0 Å². The van der Waals surface area contributed by atoms with Crippen LogP contribution in [-0.4, -0.2) is 60.4 Å². The van der Waals surface area contributed by atoms with Crippen molar-refractivity contribution in [3.05, 3.63) is 47.8 Å². The predicted molar refractivity (Wildman–Crippen MR) is 114 cm³/mol. The van der Waals surface area contributed by atoms with Gasteiger partial charge in [0.15, 0.2) is 6.61 Å². The highest BCUT2D eigenvalue weighted by Gasteiger charge is 2.29. The van der Waals surface area contributed by atoms with E-state index in [9.17, 15) is 13.2 Å². The second-order valence-corrected chi connectivity index (χ2v) is 8.37. The van der Waals surface area contributed by atoms with Crippen LogP contribution in [0, 0.1) is 0 Å². The first-order valence-electron chi connectivity index (χ1n) is 11.1. The largest absolute Gasteiger partial charge is 0.468 e. The van der Waals surface area contributed by atoms with E-state index >= 15 is 0 Å². The number of nitrogens with zero attached hydrogens (tertiary/aromatic N) is 4. The first-order chi connectivity index (χ1) is 15.0. The van der Waals surface area contributed by atoms with Gasteiger partial charge in [0, 0.05) is 50.1 Å². The van der Waals surface area contributed by atoms with E-state index in [-0.39, 0.29) is 11.8 Å². The lowest BCUT2D eigenvalue weighted by Gasteiger charge is -2.29. The zero-order valence-corrected chi connectivity index (χ0v) is 17.7. The molecular formula is C23H29F3N4O. The molecule has 0 saturated carbocycles. The van der Waals surface area contributed by atoms with Gasteiger partial charge in [-0.2, -0.15) is 13.2 Å². The van der Waals surface area contributed by atoms with Crippen LogP contribution in [0.1, 0.15) is 42.9 Å². The molecule has 2 aliphatic rings. The molecule has 0 aromatic carbocycles. The highest BCUT2D eigenvalue weighted by molar-refractivity contribution is 5.47. The lowest BCUT2D eigenvalue weighted by Crippen LogP contribution is -2.31. The molecule has 2 fully saturated rings. The minimum atomic E-state index is -4.36. The second kappa shape index (κ2) is 9.85. The summed E-state index contributed by atoms with van der Waals surface area (Å²) >= 11 is 0. The van der Waals surface area contributed by atoms with Gasteiger partial charge in [-0.25, -0.2) is 9.97 Å². The maximum Gasteiger partial charge on any atom is 0.422 e. The van der Waals surface area contributed by atoms with E-state index < -0.39 is 12.8 Å². The summed E-state index contributed by atoms with van der Waals surface area (Å²) in [5.74, 6) is 1.37. The molecule has 2 saturated heterocycles. The molecule has 2 aromatic rings. The van der Waals surface area contributed by atoms with Crippen molar-refractivity contribution in [2.45, 2.75) is 44.2 Å². The normalized spacial score (nSPS) is 20.2.